The first-order chi connectivity index (χ1) is 15.0. The van der Waals surface area contributed by atoms with E-state index in [2.05, 4.69) is 24.5 Å². The monoisotopic (exact) mass is 452 g/mol. The van der Waals surface area contributed by atoms with Crippen LogP contribution in [-0.4, -0.2) is 61.7 Å². The lowest BCUT2D eigenvalue weighted by atomic mass is 9.90. The average molecular weight is 453 g/mol. The normalized spacial score (nSPS) is 13.4. The Labute approximate surface area is 192 Å². The summed E-state index contributed by atoms with van der Waals surface area (Å²) < 4.78 is 16.1. The van der Waals surface area contributed by atoms with E-state index in [4.69, 9.17) is 14.2 Å². The predicted octanol–water partition coefficient (Wildman–Crippen LogP) is 3.52. The van der Waals surface area contributed by atoms with Crippen LogP contribution in [0.5, 0.6) is 5.75 Å². The summed E-state index contributed by atoms with van der Waals surface area (Å²) in [6, 6.07) is 6.97. The summed E-state index contributed by atoms with van der Waals surface area (Å²) in [5, 5.41) is 15.8. The first kappa shape index (κ1) is 27.7. The molecule has 1 aromatic rings. The van der Waals surface area contributed by atoms with Gasteiger partial charge in [-0.3, -0.25) is 4.79 Å². The summed E-state index contributed by atoms with van der Waals surface area (Å²) >= 11 is 0. The van der Waals surface area contributed by atoms with Gasteiger partial charge in [0.15, 0.2) is 0 Å². The van der Waals surface area contributed by atoms with Gasteiger partial charge < -0.3 is 30.0 Å². The quantitative estimate of drug-likeness (QED) is 0.396. The van der Waals surface area contributed by atoms with Crippen LogP contribution in [0.3, 0.4) is 0 Å². The summed E-state index contributed by atoms with van der Waals surface area (Å²) in [4.78, 5) is 25.4. The van der Waals surface area contributed by atoms with Crippen LogP contribution in [0.25, 0.3) is 0 Å². The number of para-hydroxylation sites is 1. The lowest BCUT2D eigenvalue weighted by Crippen LogP contribution is -2.59. The first-order valence-corrected chi connectivity index (χ1v) is 11.1. The van der Waals surface area contributed by atoms with E-state index in [9.17, 15) is 14.7 Å². The molecule has 0 saturated carbocycles. The predicted molar refractivity (Wildman–Crippen MR) is 124 cm³/mol. The van der Waals surface area contributed by atoms with Crippen LogP contribution in [0.1, 0.15) is 64.2 Å². The number of hydrogen-bond acceptors (Lipinski definition) is 6. The Morgan fingerprint density at radius 3 is 2.41 bits per heavy atom. The Hall–Kier alpha value is -2.32. The van der Waals surface area contributed by atoms with E-state index in [1.807, 2.05) is 0 Å². The second-order valence-electron chi connectivity index (χ2n) is 9.37. The van der Waals surface area contributed by atoms with Crippen LogP contribution in [0.15, 0.2) is 24.3 Å². The maximum Gasteiger partial charge on any atom is 0.408 e. The Bertz CT molecular complexity index is 717. The zero-order valence-electron chi connectivity index (χ0n) is 20.3. The van der Waals surface area contributed by atoms with Crippen molar-refractivity contribution in [2.75, 3.05) is 33.5 Å². The van der Waals surface area contributed by atoms with Gasteiger partial charge in [0, 0.05) is 26.7 Å². The van der Waals surface area contributed by atoms with E-state index >= 15 is 0 Å². The number of carbonyl (C=O) groups is 2. The molecule has 0 spiro atoms. The highest BCUT2D eigenvalue weighted by molar-refractivity contribution is 5.97. The topological polar surface area (TPSA) is 106 Å². The van der Waals surface area contributed by atoms with Crippen molar-refractivity contribution >= 4 is 12.0 Å². The lowest BCUT2D eigenvalue weighted by molar-refractivity contribution is 0.0374. The molecule has 0 saturated heterocycles. The molecular formula is C24H40N2O6. The number of nitrogens with one attached hydrogen (secondary N) is 2. The van der Waals surface area contributed by atoms with Gasteiger partial charge in [-0.05, 0) is 51.7 Å². The Balaban J connectivity index is 2.92. The van der Waals surface area contributed by atoms with Gasteiger partial charge in [0.2, 0.25) is 0 Å². The fraction of sp³-hybridized carbons (Fsp3) is 0.667. The molecule has 0 aromatic heterocycles. The van der Waals surface area contributed by atoms with Crippen molar-refractivity contribution in [1.82, 2.24) is 10.6 Å². The molecular weight excluding hydrogens is 412 g/mol. The van der Waals surface area contributed by atoms with Crippen LogP contribution in [-0.2, 0) is 9.47 Å². The van der Waals surface area contributed by atoms with Crippen molar-refractivity contribution < 1.29 is 28.9 Å². The van der Waals surface area contributed by atoms with E-state index in [0.717, 1.165) is 6.42 Å². The highest BCUT2D eigenvalue weighted by Crippen LogP contribution is 2.21. The van der Waals surface area contributed by atoms with Crippen LogP contribution in [0.2, 0.25) is 0 Å². The van der Waals surface area contributed by atoms with Crippen LogP contribution in [0, 0.1) is 5.92 Å². The molecule has 0 unspecified atom stereocenters. The molecule has 8 nitrogen and oxygen atoms in total. The SMILES string of the molecule is COCCCOc1ccccc1C(=O)NC[C@](CO)(CCC(C)C)NC(=O)OC(C)(C)C. The van der Waals surface area contributed by atoms with Gasteiger partial charge >= 0.3 is 6.09 Å². The number of aliphatic hydroxyl groups excluding tert-OH is 1. The number of ether oxygens (including phenoxy) is 3. The maximum absolute atomic E-state index is 12.9. The molecule has 1 rings (SSSR count). The highest BCUT2D eigenvalue weighted by Gasteiger charge is 2.34. The fourth-order valence-corrected chi connectivity index (χ4v) is 2.96. The lowest BCUT2D eigenvalue weighted by Gasteiger charge is -2.34. The van der Waals surface area contributed by atoms with Gasteiger partial charge in [0.1, 0.15) is 11.4 Å². The standard InChI is InChI=1S/C24H40N2O6/c1-18(2)12-13-24(17-27,26-22(29)32-23(3,4)5)16-25-21(28)19-10-7-8-11-20(19)31-15-9-14-30-6/h7-8,10-11,18,27H,9,12-17H2,1-6H3,(H,25,28)(H,26,29)/t24-/m0/s1. The molecule has 0 heterocycles. The molecule has 0 aliphatic rings. The zero-order chi connectivity index (χ0) is 24.2. The van der Waals surface area contributed by atoms with Crippen LogP contribution in [0.4, 0.5) is 4.79 Å². The third-order valence-corrected chi connectivity index (χ3v) is 4.74. The van der Waals surface area contributed by atoms with Crippen molar-refractivity contribution in [3.05, 3.63) is 29.8 Å². The van der Waals surface area contributed by atoms with Crippen molar-refractivity contribution in [3.63, 3.8) is 0 Å². The summed E-state index contributed by atoms with van der Waals surface area (Å²) in [5.41, 5.74) is -1.33. The van der Waals surface area contributed by atoms with Crippen molar-refractivity contribution in [2.45, 2.75) is 65.0 Å². The van der Waals surface area contributed by atoms with Gasteiger partial charge in [-0.15, -0.1) is 0 Å². The summed E-state index contributed by atoms with van der Waals surface area (Å²) in [6.45, 7) is 10.1. The second kappa shape index (κ2) is 13.3. The maximum atomic E-state index is 12.9. The van der Waals surface area contributed by atoms with Crippen molar-refractivity contribution in [1.29, 1.82) is 0 Å². The number of amides is 2. The Kier molecular flexibility index (Phi) is 11.5. The summed E-state index contributed by atoms with van der Waals surface area (Å²) in [5.74, 6) is 0.483. The second-order valence-corrected chi connectivity index (χ2v) is 9.37. The molecule has 32 heavy (non-hydrogen) atoms. The van der Waals surface area contributed by atoms with E-state index < -0.39 is 17.2 Å². The minimum absolute atomic E-state index is 0.0479. The number of benzene rings is 1. The number of alkyl carbamates (subject to hydrolysis) is 1. The Morgan fingerprint density at radius 1 is 1.12 bits per heavy atom. The summed E-state index contributed by atoms with van der Waals surface area (Å²) in [6.07, 6.45) is 1.31. The van der Waals surface area contributed by atoms with Gasteiger partial charge in [0.05, 0.1) is 24.3 Å². The number of hydrogen-bond donors (Lipinski definition) is 3. The Morgan fingerprint density at radius 2 is 1.81 bits per heavy atom. The molecule has 0 radical (unpaired) electrons. The van der Waals surface area contributed by atoms with E-state index in [1.54, 1.807) is 52.1 Å². The minimum Gasteiger partial charge on any atom is -0.493 e. The van der Waals surface area contributed by atoms with E-state index in [-0.39, 0.29) is 19.1 Å². The number of methoxy groups -OCH3 is 1. The van der Waals surface area contributed by atoms with Gasteiger partial charge in [-0.1, -0.05) is 26.0 Å². The number of aliphatic hydroxyl groups is 1. The number of rotatable bonds is 13. The fourth-order valence-electron chi connectivity index (χ4n) is 2.96. The summed E-state index contributed by atoms with van der Waals surface area (Å²) in [7, 11) is 1.62. The molecule has 8 heteroatoms. The van der Waals surface area contributed by atoms with E-state index in [0.29, 0.717) is 43.3 Å². The molecule has 3 N–H and O–H groups in total. The van der Waals surface area contributed by atoms with Crippen LogP contribution < -0.4 is 15.4 Å². The smallest absolute Gasteiger partial charge is 0.408 e. The van der Waals surface area contributed by atoms with Crippen LogP contribution >= 0.6 is 0 Å². The van der Waals surface area contributed by atoms with Gasteiger partial charge in [-0.25, -0.2) is 4.79 Å². The molecule has 2 amide bonds. The number of carbonyl (C=O) groups excluding carboxylic acids is 2. The highest BCUT2D eigenvalue weighted by atomic mass is 16.6. The molecule has 0 fully saturated rings. The molecule has 1 aromatic carbocycles. The average Bonchev–Trinajstić information content (AvgIpc) is 2.72. The first-order valence-electron chi connectivity index (χ1n) is 11.1. The third-order valence-electron chi connectivity index (χ3n) is 4.74. The van der Waals surface area contributed by atoms with Crippen molar-refractivity contribution in [2.24, 2.45) is 5.92 Å². The molecule has 1 atom stereocenters. The molecule has 0 aliphatic carbocycles. The minimum atomic E-state index is -1.05. The van der Waals surface area contributed by atoms with Crippen molar-refractivity contribution in [3.8, 4) is 5.75 Å². The third kappa shape index (κ3) is 10.3. The van der Waals surface area contributed by atoms with Gasteiger partial charge in [-0.2, -0.15) is 0 Å². The molecule has 182 valence electrons. The van der Waals surface area contributed by atoms with E-state index in [1.165, 1.54) is 0 Å². The molecule has 0 aliphatic heterocycles. The zero-order valence-corrected chi connectivity index (χ0v) is 20.3. The molecule has 0 bridgehead atoms. The largest absolute Gasteiger partial charge is 0.493 e. The van der Waals surface area contributed by atoms with Gasteiger partial charge in [0.25, 0.3) is 5.91 Å².